The van der Waals surface area contributed by atoms with Crippen molar-refractivity contribution in [3.63, 3.8) is 0 Å². The van der Waals surface area contributed by atoms with E-state index in [9.17, 15) is 28.9 Å². The summed E-state index contributed by atoms with van der Waals surface area (Å²) in [5.74, 6) is -0.765. The quantitative estimate of drug-likeness (QED) is 0.0889. The molecule has 0 aliphatic carbocycles. The number of nitrogens with two attached hydrogens (primary N) is 1. The summed E-state index contributed by atoms with van der Waals surface area (Å²) in [5, 5.41) is 9.54. The normalized spacial score (nSPS) is 29.3. The number of phenols is 1. The first-order chi connectivity index (χ1) is 31.1. The van der Waals surface area contributed by atoms with Gasteiger partial charge in [0.05, 0.1) is 30.7 Å². The van der Waals surface area contributed by atoms with Crippen LogP contribution in [0, 0.1) is 0 Å². The van der Waals surface area contributed by atoms with Crippen molar-refractivity contribution in [2.45, 2.75) is 55.0 Å². The van der Waals surface area contributed by atoms with Gasteiger partial charge in [-0.2, -0.15) is 0 Å². The Balaban J connectivity index is 1.03. The number of aromatic amines is 1. The Bertz CT molecular complexity index is 2950. The van der Waals surface area contributed by atoms with E-state index in [1.54, 1.807) is 42.5 Å². The number of carbonyl (C=O) groups excluding carboxylic acids is 1. The van der Waals surface area contributed by atoms with Crippen molar-refractivity contribution in [2.75, 3.05) is 18.9 Å². The van der Waals surface area contributed by atoms with Crippen LogP contribution in [0.2, 0.25) is 0 Å². The fraction of sp³-hybridized carbons (Fsp3) is 0.282. The van der Waals surface area contributed by atoms with Crippen LogP contribution < -0.4 is 21.7 Å². The molecule has 5 N–H and O–H groups in total. The van der Waals surface area contributed by atoms with Gasteiger partial charge in [0, 0.05) is 11.9 Å². The average Bonchev–Trinajstić information content (AvgIpc) is 3.95. The molecule has 1 unspecified atom stereocenters. The number of aromatic nitrogens is 6. The Labute approximate surface area is 368 Å². The molecule has 65 heavy (non-hydrogen) atoms. The van der Waals surface area contributed by atoms with Crippen molar-refractivity contribution in [2.24, 2.45) is 0 Å². The number of nitrogen functional groups attached to an aromatic ring is 1. The Kier molecular flexibility index (Phi) is 12.3. The lowest BCUT2D eigenvalue weighted by molar-refractivity contribution is -0.0620. The fourth-order valence-corrected chi connectivity index (χ4v) is 11.5. The molecule has 0 saturated carbocycles. The largest absolute Gasteiger partial charge is 0.508 e. The van der Waals surface area contributed by atoms with E-state index < -0.39 is 94.3 Å². The number of fused-ring (bicyclic) bond motifs is 4. The number of nitrogens with zero attached hydrogens (tertiary/aromatic N) is 5. The number of imidazole rings is 1. The summed E-state index contributed by atoms with van der Waals surface area (Å²) in [5.41, 5.74) is 5.25. The van der Waals surface area contributed by atoms with Crippen LogP contribution in [0.1, 0.15) is 28.4 Å². The molecule has 0 amide bonds. The monoisotopic (exact) mass is 957 g/mol. The van der Waals surface area contributed by atoms with E-state index in [1.165, 1.54) is 47.3 Å². The zero-order chi connectivity index (χ0) is 45.6. The lowest BCUT2D eigenvalue weighted by Gasteiger charge is -2.27. The van der Waals surface area contributed by atoms with Gasteiger partial charge in [-0.15, -0.1) is 0 Å². The highest BCUT2D eigenvalue weighted by molar-refractivity contribution is 8.54. The molecule has 3 aliphatic rings. The molecule has 3 aromatic carbocycles. The molecule has 3 aromatic heterocycles. The summed E-state index contributed by atoms with van der Waals surface area (Å²) in [6.07, 6.45) is -12.0. The molecule has 6 heterocycles. The number of rotatable bonds is 8. The van der Waals surface area contributed by atoms with Crippen molar-refractivity contribution in [3.05, 3.63) is 130 Å². The number of nitrogens with one attached hydrogen (secondary N) is 1. The van der Waals surface area contributed by atoms with Crippen LogP contribution >= 0.6 is 26.0 Å². The van der Waals surface area contributed by atoms with Crippen molar-refractivity contribution in [1.82, 2.24) is 29.1 Å². The summed E-state index contributed by atoms with van der Waals surface area (Å²) in [4.78, 5) is 63.9. The third-order valence-electron chi connectivity index (χ3n) is 10.5. The summed E-state index contributed by atoms with van der Waals surface area (Å²) in [7, 11) is -5.34. The molecule has 3 aliphatic heterocycles. The number of ether oxygens (including phenoxy) is 3. The number of anilines is 1. The first-order valence-corrected chi connectivity index (χ1v) is 24.0. The molecule has 0 radical (unpaired) electrons. The number of hydrogen-bond donors (Lipinski definition) is 4. The molecule has 2 bridgehead atoms. The smallest absolute Gasteiger partial charge is 0.472 e. The van der Waals surface area contributed by atoms with Gasteiger partial charge < -0.3 is 29.9 Å². The van der Waals surface area contributed by atoms with Crippen LogP contribution in [0.3, 0.4) is 0 Å². The number of aromatic hydroxyl groups is 1. The Hall–Kier alpha value is -5.65. The standard InChI is InChI=1S/C39H35F2N7O14P2S/c40-28-26-15-56-63(53,54)61-31-27(60-36(29(31)41)47-14-25(35(50)46-39(47)52)21-4-2-1-3-5-21)16-57-64(55,62-32(28)37(59-26)48-19-45-30-33(42)43-18-44-34(30)48)65-17-20-6-12-24(13-7-20)58-38(51)22-8-10-23(49)11-9-22/h1-14,18-19,26-29,31-32,36-37,49H,15-17H2,(H,53,54)(H2,42,43,44)(H,46,50,52)/t26-,27-,28-,29-,31-,32-,36-,37-,64-/m1/s1. The number of phosphoric acid groups is 1. The summed E-state index contributed by atoms with van der Waals surface area (Å²) in [6, 6.07) is 19.5. The molecule has 3 fully saturated rings. The van der Waals surface area contributed by atoms with Crippen LogP contribution in [0.5, 0.6) is 11.5 Å². The lowest BCUT2D eigenvalue weighted by Crippen LogP contribution is -2.37. The Morgan fingerprint density at radius 2 is 1.60 bits per heavy atom. The number of phosphoric ester groups is 1. The molecular weight excluding hydrogens is 922 g/mol. The predicted molar refractivity (Wildman–Crippen MR) is 224 cm³/mol. The number of halogens is 2. The van der Waals surface area contributed by atoms with Gasteiger partial charge in [0.15, 0.2) is 36.3 Å². The number of benzene rings is 3. The number of hydrogen-bond acceptors (Lipinski definition) is 18. The van der Waals surface area contributed by atoms with Crippen LogP contribution in [0.4, 0.5) is 14.6 Å². The first kappa shape index (κ1) is 44.5. The maximum Gasteiger partial charge on any atom is 0.472 e. The maximum absolute atomic E-state index is 16.6. The van der Waals surface area contributed by atoms with Gasteiger partial charge in [-0.25, -0.2) is 42.5 Å². The van der Waals surface area contributed by atoms with Crippen molar-refractivity contribution in [3.8, 4) is 22.6 Å². The molecule has 26 heteroatoms. The molecule has 3 saturated heterocycles. The zero-order valence-electron chi connectivity index (χ0n) is 33.1. The Morgan fingerprint density at radius 1 is 0.877 bits per heavy atom. The zero-order valence-corrected chi connectivity index (χ0v) is 35.7. The van der Waals surface area contributed by atoms with Gasteiger partial charge in [-0.05, 0) is 58.9 Å². The second-order valence-corrected chi connectivity index (χ2v) is 20.1. The second kappa shape index (κ2) is 18.0. The van der Waals surface area contributed by atoms with Gasteiger partial charge in [0.1, 0.15) is 47.8 Å². The maximum atomic E-state index is 16.6. The van der Waals surface area contributed by atoms with Gasteiger partial charge in [0.25, 0.3) is 5.56 Å². The van der Waals surface area contributed by atoms with E-state index in [1.807, 2.05) is 0 Å². The van der Waals surface area contributed by atoms with Gasteiger partial charge >= 0.3 is 26.3 Å². The summed E-state index contributed by atoms with van der Waals surface area (Å²) in [6.45, 7) is -6.60. The van der Waals surface area contributed by atoms with Gasteiger partial charge in [0.2, 0.25) is 0 Å². The second-order valence-electron chi connectivity index (χ2n) is 14.7. The highest BCUT2D eigenvalue weighted by atomic mass is 32.7. The third kappa shape index (κ3) is 9.27. The molecule has 6 aromatic rings. The molecular formula is C39H35F2N7O14P2S. The minimum Gasteiger partial charge on any atom is -0.508 e. The van der Waals surface area contributed by atoms with Crippen LogP contribution in [-0.4, -0.2) is 95.0 Å². The molecule has 0 spiro atoms. The molecule has 10 atom stereocenters. The minimum absolute atomic E-state index is 0.0249. The fourth-order valence-electron chi connectivity index (χ4n) is 7.23. The first-order valence-electron chi connectivity index (χ1n) is 19.4. The number of alkyl halides is 2. The summed E-state index contributed by atoms with van der Waals surface area (Å²) >= 11 is 0.574. The topological polar surface area (TPSA) is 281 Å². The third-order valence-corrected chi connectivity index (χ3v) is 15.1. The average molecular weight is 958 g/mol. The lowest BCUT2D eigenvalue weighted by atomic mass is 10.1. The van der Waals surface area contributed by atoms with E-state index in [2.05, 4.69) is 19.9 Å². The highest BCUT2D eigenvalue weighted by Gasteiger charge is 2.55. The molecule has 21 nitrogen and oxygen atoms in total. The van der Waals surface area contributed by atoms with Crippen LogP contribution in [0.25, 0.3) is 22.3 Å². The highest BCUT2D eigenvalue weighted by Crippen LogP contribution is 2.65. The number of carbonyl (C=O) groups is 1. The van der Waals surface area contributed by atoms with Gasteiger partial charge in [-0.1, -0.05) is 42.5 Å². The van der Waals surface area contributed by atoms with Crippen molar-refractivity contribution < 1.29 is 65.0 Å². The van der Waals surface area contributed by atoms with E-state index in [4.69, 9.17) is 38.0 Å². The minimum atomic E-state index is -5.34. The van der Waals surface area contributed by atoms with Crippen molar-refractivity contribution in [1.29, 1.82) is 0 Å². The summed E-state index contributed by atoms with van der Waals surface area (Å²) < 4.78 is 104. The predicted octanol–water partition coefficient (Wildman–Crippen LogP) is 4.98. The number of phenolic OH excluding ortho intramolecular Hbond substituents is 1. The number of H-pyrrole nitrogens is 1. The Morgan fingerprint density at radius 3 is 2.35 bits per heavy atom. The van der Waals surface area contributed by atoms with E-state index in [0.29, 0.717) is 22.5 Å². The molecule has 9 rings (SSSR count). The van der Waals surface area contributed by atoms with Crippen molar-refractivity contribution >= 4 is 49.0 Å². The van der Waals surface area contributed by atoms with E-state index in [0.717, 1.165) is 17.1 Å². The molecule has 340 valence electrons. The van der Waals surface area contributed by atoms with Gasteiger partial charge in [-0.3, -0.25) is 37.0 Å². The SMILES string of the molecule is Nc1ncnc2c1ncn2[C@@H]1O[C@@H]2COP(=O)(O)O[C@H]3[C@@H](F)[C@H](n4cc(-c5ccccc5)c(=O)[nH]c4=O)O[C@@H]3CO[P@@](=O)(SCc3ccc(OC(=O)c4ccc(O)cc4)cc3)O[C@@H]1[C@@H]2F. The van der Waals surface area contributed by atoms with E-state index in [-0.39, 0.29) is 45.4 Å². The van der Waals surface area contributed by atoms with Crippen LogP contribution in [0.15, 0.2) is 107 Å². The number of esters is 1. The van der Waals surface area contributed by atoms with E-state index >= 15 is 13.3 Å². The van der Waals surface area contributed by atoms with Crippen LogP contribution in [-0.2, 0) is 42.5 Å².